The van der Waals surface area contributed by atoms with Gasteiger partial charge in [0.2, 0.25) is 5.91 Å². The summed E-state index contributed by atoms with van der Waals surface area (Å²) in [6.07, 6.45) is 1.66. The summed E-state index contributed by atoms with van der Waals surface area (Å²) in [7, 11) is 0. The number of nitrogens with one attached hydrogen (secondary N) is 1. The molecule has 0 saturated carbocycles. The number of aryl methyl sites for hydroxylation is 1. The Morgan fingerprint density at radius 2 is 1.71 bits per heavy atom. The third kappa shape index (κ3) is 5.92. The molecule has 3 aromatic carbocycles. The number of halogens is 1. The van der Waals surface area contributed by atoms with E-state index in [1.165, 1.54) is 4.90 Å². The van der Waals surface area contributed by atoms with E-state index in [4.69, 9.17) is 16.3 Å². The molecule has 35 heavy (non-hydrogen) atoms. The highest BCUT2D eigenvalue weighted by atomic mass is 35.5. The molecule has 3 aromatic rings. The van der Waals surface area contributed by atoms with Crippen LogP contribution in [0.15, 0.2) is 72.5 Å². The normalized spacial score (nSPS) is 14.5. The number of ether oxygens (including phenoxy) is 1. The molecule has 1 N–H and O–H groups in total. The van der Waals surface area contributed by atoms with Crippen LogP contribution in [0.25, 0.3) is 6.08 Å². The number of amides is 2. The van der Waals surface area contributed by atoms with E-state index in [0.29, 0.717) is 23.0 Å². The van der Waals surface area contributed by atoms with Gasteiger partial charge in [-0.15, -0.1) is 0 Å². The second kappa shape index (κ2) is 9.96. The Labute approximate surface area is 211 Å². The summed E-state index contributed by atoms with van der Waals surface area (Å²) >= 11 is 5.99. The molecular weight excluding hydrogens is 460 g/mol. The van der Waals surface area contributed by atoms with Crippen LogP contribution in [0.2, 0.25) is 5.02 Å². The monoisotopic (exact) mass is 488 g/mol. The predicted octanol–water partition coefficient (Wildman–Crippen LogP) is 6.03. The third-order valence-corrected chi connectivity index (χ3v) is 6.12. The van der Waals surface area contributed by atoms with Crippen LogP contribution in [0.4, 0.5) is 5.69 Å². The standard InChI is InChI=1S/C29H29ClN2O3/c1-19-5-7-21(8-6-19)17-31-27(33)18-32-24-16-22(29(2,3)4)11-14-25(24)35-26(28(32)34)15-20-9-12-23(30)13-10-20/h5-16H,17-18H2,1-4H3,(H,31,33)/b26-15+. The lowest BCUT2D eigenvalue weighted by Gasteiger charge is -2.32. The molecule has 0 bridgehead atoms. The van der Waals surface area contributed by atoms with Gasteiger partial charge in [0.05, 0.1) is 5.69 Å². The van der Waals surface area contributed by atoms with Gasteiger partial charge in [0.1, 0.15) is 6.54 Å². The van der Waals surface area contributed by atoms with Crippen LogP contribution in [0, 0.1) is 6.92 Å². The number of nitrogens with zero attached hydrogens (tertiary/aromatic N) is 1. The minimum atomic E-state index is -0.371. The molecule has 6 heteroatoms. The Kier molecular flexibility index (Phi) is 6.99. The number of anilines is 1. The molecule has 0 spiro atoms. The van der Waals surface area contributed by atoms with Crippen molar-refractivity contribution < 1.29 is 14.3 Å². The zero-order valence-electron chi connectivity index (χ0n) is 20.4. The van der Waals surface area contributed by atoms with Crippen molar-refractivity contribution in [1.82, 2.24) is 5.32 Å². The molecule has 0 radical (unpaired) electrons. The predicted molar refractivity (Wildman–Crippen MR) is 141 cm³/mol. The van der Waals surface area contributed by atoms with Gasteiger partial charge in [-0.1, -0.05) is 80.4 Å². The Bertz CT molecular complexity index is 1270. The number of carbonyl (C=O) groups is 2. The Morgan fingerprint density at radius 3 is 2.37 bits per heavy atom. The van der Waals surface area contributed by atoms with Crippen molar-refractivity contribution in [3.8, 4) is 5.75 Å². The first-order valence-electron chi connectivity index (χ1n) is 11.5. The largest absolute Gasteiger partial charge is 0.449 e. The van der Waals surface area contributed by atoms with E-state index in [-0.39, 0.29) is 29.5 Å². The van der Waals surface area contributed by atoms with Crippen molar-refractivity contribution in [3.63, 3.8) is 0 Å². The van der Waals surface area contributed by atoms with Gasteiger partial charge in [-0.05, 0) is 59.4 Å². The second-order valence-electron chi connectivity index (χ2n) is 9.75. The van der Waals surface area contributed by atoms with Crippen LogP contribution >= 0.6 is 11.6 Å². The van der Waals surface area contributed by atoms with E-state index in [1.54, 1.807) is 18.2 Å². The Balaban J connectivity index is 1.62. The van der Waals surface area contributed by atoms with Gasteiger partial charge >= 0.3 is 0 Å². The first-order chi connectivity index (χ1) is 16.6. The molecule has 0 saturated heterocycles. The number of hydrogen-bond acceptors (Lipinski definition) is 3. The van der Waals surface area contributed by atoms with E-state index < -0.39 is 0 Å². The van der Waals surface area contributed by atoms with Crippen LogP contribution in [0.5, 0.6) is 5.75 Å². The average molecular weight is 489 g/mol. The van der Waals surface area contributed by atoms with E-state index in [2.05, 4.69) is 26.1 Å². The highest BCUT2D eigenvalue weighted by Gasteiger charge is 2.33. The number of carbonyl (C=O) groups excluding carboxylic acids is 2. The molecule has 0 aromatic heterocycles. The molecular formula is C29H29ClN2O3. The molecule has 2 amide bonds. The fourth-order valence-corrected chi connectivity index (χ4v) is 3.88. The maximum Gasteiger partial charge on any atom is 0.294 e. The third-order valence-electron chi connectivity index (χ3n) is 5.87. The highest BCUT2D eigenvalue weighted by molar-refractivity contribution is 6.30. The van der Waals surface area contributed by atoms with Gasteiger partial charge in [-0.25, -0.2) is 0 Å². The van der Waals surface area contributed by atoms with Gasteiger partial charge in [-0.3, -0.25) is 14.5 Å². The van der Waals surface area contributed by atoms with Crippen molar-refractivity contribution in [1.29, 1.82) is 0 Å². The fraction of sp³-hybridized carbons (Fsp3) is 0.241. The molecule has 4 rings (SSSR count). The van der Waals surface area contributed by atoms with Gasteiger partial charge < -0.3 is 10.1 Å². The SMILES string of the molecule is Cc1ccc(CNC(=O)CN2C(=O)/C(=C\c3ccc(Cl)cc3)Oc3ccc(C(C)(C)C)cc32)cc1. The first kappa shape index (κ1) is 24.6. The van der Waals surface area contributed by atoms with Gasteiger partial charge in [0.15, 0.2) is 11.5 Å². The second-order valence-corrected chi connectivity index (χ2v) is 10.2. The van der Waals surface area contributed by atoms with Crippen molar-refractivity contribution in [2.24, 2.45) is 0 Å². The van der Waals surface area contributed by atoms with E-state index >= 15 is 0 Å². The van der Waals surface area contributed by atoms with Crippen molar-refractivity contribution >= 4 is 35.2 Å². The van der Waals surface area contributed by atoms with Gasteiger partial charge in [0.25, 0.3) is 5.91 Å². The van der Waals surface area contributed by atoms with Crippen molar-refractivity contribution in [3.05, 3.63) is 99.8 Å². The van der Waals surface area contributed by atoms with Crippen LogP contribution in [0.1, 0.15) is 43.0 Å². The summed E-state index contributed by atoms with van der Waals surface area (Å²) in [6, 6.07) is 20.9. The molecule has 1 heterocycles. The minimum Gasteiger partial charge on any atom is -0.449 e. The van der Waals surface area contributed by atoms with E-state index in [1.807, 2.05) is 61.5 Å². The van der Waals surface area contributed by atoms with E-state index in [0.717, 1.165) is 22.3 Å². The number of rotatable bonds is 5. The lowest BCUT2D eigenvalue weighted by molar-refractivity contribution is -0.123. The maximum absolute atomic E-state index is 13.5. The summed E-state index contributed by atoms with van der Waals surface area (Å²) in [5, 5.41) is 3.53. The zero-order valence-corrected chi connectivity index (χ0v) is 21.1. The minimum absolute atomic E-state index is 0.118. The van der Waals surface area contributed by atoms with E-state index in [9.17, 15) is 9.59 Å². The number of fused-ring (bicyclic) bond motifs is 1. The summed E-state index contributed by atoms with van der Waals surface area (Å²) < 4.78 is 6.00. The van der Waals surface area contributed by atoms with Crippen molar-refractivity contribution in [2.75, 3.05) is 11.4 Å². The van der Waals surface area contributed by atoms with Crippen molar-refractivity contribution in [2.45, 2.75) is 39.7 Å². The molecule has 0 unspecified atom stereocenters. The quantitative estimate of drug-likeness (QED) is 0.446. The maximum atomic E-state index is 13.5. The van der Waals surface area contributed by atoms with Crippen LogP contribution < -0.4 is 15.0 Å². The topological polar surface area (TPSA) is 58.6 Å². The summed E-state index contributed by atoms with van der Waals surface area (Å²) in [5.74, 6) is 0.0570. The lowest BCUT2D eigenvalue weighted by atomic mass is 9.86. The van der Waals surface area contributed by atoms with Gasteiger partial charge in [-0.2, -0.15) is 0 Å². The van der Waals surface area contributed by atoms with Crippen LogP contribution in [0.3, 0.4) is 0 Å². The smallest absolute Gasteiger partial charge is 0.294 e. The van der Waals surface area contributed by atoms with Gasteiger partial charge in [0, 0.05) is 11.6 Å². The molecule has 1 aliphatic rings. The van der Waals surface area contributed by atoms with Crippen LogP contribution in [-0.2, 0) is 21.5 Å². The number of benzene rings is 3. The van der Waals surface area contributed by atoms with Crippen LogP contribution in [-0.4, -0.2) is 18.4 Å². The fourth-order valence-electron chi connectivity index (χ4n) is 3.75. The number of hydrogen-bond donors (Lipinski definition) is 1. The summed E-state index contributed by atoms with van der Waals surface area (Å²) in [5.41, 5.74) is 4.43. The lowest BCUT2D eigenvalue weighted by Crippen LogP contribution is -2.44. The summed E-state index contributed by atoms with van der Waals surface area (Å²) in [4.78, 5) is 27.9. The Morgan fingerprint density at radius 1 is 1.03 bits per heavy atom. The summed E-state index contributed by atoms with van der Waals surface area (Å²) in [6.45, 7) is 8.59. The highest BCUT2D eigenvalue weighted by Crippen LogP contribution is 2.39. The molecule has 5 nitrogen and oxygen atoms in total. The molecule has 0 fully saturated rings. The molecule has 0 aliphatic carbocycles. The first-order valence-corrected chi connectivity index (χ1v) is 11.9. The molecule has 0 atom stereocenters. The zero-order chi connectivity index (χ0) is 25.2. The average Bonchev–Trinajstić information content (AvgIpc) is 2.82. The molecule has 1 aliphatic heterocycles. The Hall–Kier alpha value is -3.57. The molecule has 180 valence electrons.